The Morgan fingerprint density at radius 1 is 1.47 bits per heavy atom. The minimum absolute atomic E-state index is 0.219. The average molecular weight is 228 g/mol. The normalized spacial score (nSPS) is 13.1. The van der Waals surface area contributed by atoms with Crippen LogP contribution >= 0.6 is 11.6 Å². The molecule has 15 heavy (non-hydrogen) atoms. The molecule has 0 aromatic heterocycles. The third kappa shape index (κ3) is 5.05. The predicted octanol–water partition coefficient (Wildman–Crippen LogP) is 2.84. The summed E-state index contributed by atoms with van der Waals surface area (Å²) >= 11 is 5.88. The lowest BCUT2D eigenvalue weighted by molar-refractivity contribution is 0.321. The summed E-state index contributed by atoms with van der Waals surface area (Å²) < 4.78 is 0. The van der Waals surface area contributed by atoms with Crippen molar-refractivity contribution in [2.45, 2.75) is 25.3 Å². The lowest BCUT2D eigenvalue weighted by Crippen LogP contribution is -2.20. The standard InChI is InChI=1S/C12H18ClNO/c1-10(13)6-7-14(2)9-11-4-3-5-12(15)8-11/h3-5,8,10,15H,6-7,9H2,1-2H3. The fourth-order valence-electron chi connectivity index (χ4n) is 1.44. The average Bonchev–Trinajstić information content (AvgIpc) is 2.15. The van der Waals surface area contributed by atoms with E-state index in [1.54, 1.807) is 12.1 Å². The molecule has 1 rings (SSSR count). The summed E-state index contributed by atoms with van der Waals surface area (Å²) in [6.07, 6.45) is 0.983. The van der Waals surface area contributed by atoms with Crippen molar-refractivity contribution in [2.75, 3.05) is 13.6 Å². The molecule has 1 N–H and O–H groups in total. The van der Waals surface area contributed by atoms with Crippen LogP contribution in [0.15, 0.2) is 24.3 Å². The molecule has 0 amide bonds. The number of alkyl halides is 1. The molecule has 0 radical (unpaired) electrons. The Morgan fingerprint density at radius 2 is 2.20 bits per heavy atom. The van der Waals surface area contributed by atoms with Gasteiger partial charge in [0.2, 0.25) is 0 Å². The minimum Gasteiger partial charge on any atom is -0.508 e. The first-order chi connectivity index (χ1) is 7.08. The Balaban J connectivity index is 2.40. The molecule has 1 aromatic carbocycles. The van der Waals surface area contributed by atoms with Crippen molar-refractivity contribution in [1.29, 1.82) is 0 Å². The van der Waals surface area contributed by atoms with Crippen LogP contribution in [0, 0.1) is 0 Å². The van der Waals surface area contributed by atoms with Gasteiger partial charge in [-0.15, -0.1) is 11.6 Å². The molecule has 3 heteroatoms. The van der Waals surface area contributed by atoms with E-state index in [9.17, 15) is 5.11 Å². The summed E-state index contributed by atoms with van der Waals surface area (Å²) in [7, 11) is 2.06. The van der Waals surface area contributed by atoms with Gasteiger partial charge in [-0.1, -0.05) is 12.1 Å². The van der Waals surface area contributed by atoms with Crippen LogP contribution in [0.25, 0.3) is 0 Å². The van der Waals surface area contributed by atoms with Crippen molar-refractivity contribution in [3.8, 4) is 5.75 Å². The van der Waals surface area contributed by atoms with Crippen molar-refractivity contribution >= 4 is 11.6 Å². The third-order valence-electron chi connectivity index (χ3n) is 2.27. The van der Waals surface area contributed by atoms with Gasteiger partial charge in [-0.25, -0.2) is 0 Å². The molecule has 0 saturated carbocycles. The van der Waals surface area contributed by atoms with Gasteiger partial charge in [0.1, 0.15) is 5.75 Å². The first-order valence-electron chi connectivity index (χ1n) is 5.18. The molecule has 0 fully saturated rings. The molecule has 0 aliphatic rings. The maximum absolute atomic E-state index is 9.30. The summed E-state index contributed by atoms with van der Waals surface area (Å²) in [5.74, 6) is 0.326. The number of phenolic OH excluding ortho intramolecular Hbond substituents is 1. The molecule has 0 heterocycles. The summed E-state index contributed by atoms with van der Waals surface area (Å²) in [5.41, 5.74) is 1.12. The van der Waals surface area contributed by atoms with E-state index < -0.39 is 0 Å². The molecule has 84 valence electrons. The van der Waals surface area contributed by atoms with Crippen molar-refractivity contribution in [3.63, 3.8) is 0 Å². The quantitative estimate of drug-likeness (QED) is 0.782. The fraction of sp³-hybridized carbons (Fsp3) is 0.500. The van der Waals surface area contributed by atoms with E-state index >= 15 is 0 Å². The topological polar surface area (TPSA) is 23.5 Å². The number of hydrogen-bond acceptors (Lipinski definition) is 2. The Kier molecular flexibility index (Phi) is 4.92. The van der Waals surface area contributed by atoms with Crippen molar-refractivity contribution in [2.24, 2.45) is 0 Å². The zero-order valence-corrected chi connectivity index (χ0v) is 10.0. The second-order valence-corrected chi connectivity index (χ2v) is 4.72. The van der Waals surface area contributed by atoms with Crippen LogP contribution in [0.5, 0.6) is 5.75 Å². The van der Waals surface area contributed by atoms with Crippen LogP contribution in [0.1, 0.15) is 18.9 Å². The lowest BCUT2D eigenvalue weighted by Gasteiger charge is -2.17. The number of phenols is 1. The SMILES string of the molecule is CC(Cl)CCN(C)Cc1cccc(O)c1. The van der Waals surface area contributed by atoms with Crippen LogP contribution in [-0.2, 0) is 6.54 Å². The van der Waals surface area contributed by atoms with Gasteiger partial charge < -0.3 is 10.0 Å². The number of nitrogens with zero attached hydrogens (tertiary/aromatic N) is 1. The van der Waals surface area contributed by atoms with Gasteiger partial charge in [-0.2, -0.15) is 0 Å². The van der Waals surface area contributed by atoms with Gasteiger partial charge in [0.25, 0.3) is 0 Å². The molecule has 1 atom stereocenters. The lowest BCUT2D eigenvalue weighted by atomic mass is 10.2. The summed E-state index contributed by atoms with van der Waals surface area (Å²) in [5, 5.41) is 9.52. The van der Waals surface area contributed by atoms with E-state index in [2.05, 4.69) is 11.9 Å². The van der Waals surface area contributed by atoms with Crippen LogP contribution < -0.4 is 0 Å². The van der Waals surface area contributed by atoms with Gasteiger partial charge in [0.15, 0.2) is 0 Å². The molecule has 0 saturated heterocycles. The van der Waals surface area contributed by atoms with Gasteiger partial charge in [-0.3, -0.25) is 0 Å². The van der Waals surface area contributed by atoms with E-state index in [1.807, 2.05) is 19.1 Å². The second-order valence-electron chi connectivity index (χ2n) is 3.98. The molecule has 0 aliphatic heterocycles. The van der Waals surface area contributed by atoms with E-state index in [-0.39, 0.29) is 5.38 Å². The van der Waals surface area contributed by atoms with Crippen LogP contribution in [0.2, 0.25) is 0 Å². The Hall–Kier alpha value is -0.730. The van der Waals surface area contributed by atoms with Crippen LogP contribution in [0.4, 0.5) is 0 Å². The zero-order valence-electron chi connectivity index (χ0n) is 9.28. The Morgan fingerprint density at radius 3 is 2.80 bits per heavy atom. The van der Waals surface area contributed by atoms with Gasteiger partial charge >= 0.3 is 0 Å². The maximum Gasteiger partial charge on any atom is 0.115 e. The van der Waals surface area contributed by atoms with Crippen LogP contribution in [-0.4, -0.2) is 29.0 Å². The number of aromatic hydroxyl groups is 1. The van der Waals surface area contributed by atoms with E-state index in [1.165, 1.54) is 0 Å². The predicted molar refractivity (Wildman–Crippen MR) is 64.4 cm³/mol. The second kappa shape index (κ2) is 5.99. The Bertz CT molecular complexity index is 301. The van der Waals surface area contributed by atoms with E-state index in [4.69, 9.17) is 11.6 Å². The maximum atomic E-state index is 9.30. The third-order valence-corrected chi connectivity index (χ3v) is 2.49. The minimum atomic E-state index is 0.219. The highest BCUT2D eigenvalue weighted by Gasteiger charge is 2.03. The smallest absolute Gasteiger partial charge is 0.115 e. The zero-order chi connectivity index (χ0) is 11.3. The summed E-state index contributed by atoms with van der Waals surface area (Å²) in [4.78, 5) is 2.20. The molecule has 0 bridgehead atoms. The number of rotatable bonds is 5. The number of halogens is 1. The molecule has 0 aliphatic carbocycles. The van der Waals surface area contributed by atoms with Gasteiger partial charge in [0, 0.05) is 11.9 Å². The van der Waals surface area contributed by atoms with Crippen molar-refractivity contribution in [1.82, 2.24) is 4.90 Å². The molecule has 2 nitrogen and oxygen atoms in total. The Labute approximate surface area is 96.5 Å². The van der Waals surface area contributed by atoms with Gasteiger partial charge in [-0.05, 0) is 44.6 Å². The molecule has 0 spiro atoms. The summed E-state index contributed by atoms with van der Waals surface area (Å²) in [6.45, 7) is 3.82. The highest BCUT2D eigenvalue weighted by atomic mass is 35.5. The highest BCUT2D eigenvalue weighted by molar-refractivity contribution is 6.20. The van der Waals surface area contributed by atoms with E-state index in [0.717, 1.165) is 25.1 Å². The first-order valence-corrected chi connectivity index (χ1v) is 5.62. The molecular formula is C12H18ClNO. The van der Waals surface area contributed by atoms with Crippen LogP contribution in [0.3, 0.4) is 0 Å². The number of hydrogen-bond donors (Lipinski definition) is 1. The van der Waals surface area contributed by atoms with Crippen molar-refractivity contribution in [3.05, 3.63) is 29.8 Å². The largest absolute Gasteiger partial charge is 0.508 e. The monoisotopic (exact) mass is 227 g/mol. The van der Waals surface area contributed by atoms with E-state index in [0.29, 0.717) is 5.75 Å². The highest BCUT2D eigenvalue weighted by Crippen LogP contribution is 2.12. The number of benzene rings is 1. The molecule has 1 aromatic rings. The van der Waals surface area contributed by atoms with Crippen molar-refractivity contribution < 1.29 is 5.11 Å². The molecular weight excluding hydrogens is 210 g/mol. The fourth-order valence-corrected chi connectivity index (χ4v) is 1.54. The first kappa shape index (κ1) is 12.3. The molecule has 1 unspecified atom stereocenters. The summed E-state index contributed by atoms with van der Waals surface area (Å²) in [6, 6.07) is 7.36. The van der Waals surface area contributed by atoms with Gasteiger partial charge in [0.05, 0.1) is 0 Å².